The molecule has 0 aliphatic rings. The Hall–Kier alpha value is -1.57. The number of benzene rings is 1. The highest BCUT2D eigenvalue weighted by Crippen LogP contribution is 2.30. The van der Waals surface area contributed by atoms with Crippen LogP contribution in [0.4, 0.5) is 11.4 Å². The van der Waals surface area contributed by atoms with Crippen LogP contribution in [0.2, 0.25) is 10.3 Å². The van der Waals surface area contributed by atoms with Gasteiger partial charge in [0.05, 0.1) is 4.90 Å². The van der Waals surface area contributed by atoms with Crippen molar-refractivity contribution in [2.75, 3.05) is 10.5 Å². The van der Waals surface area contributed by atoms with E-state index in [4.69, 9.17) is 28.9 Å². The summed E-state index contributed by atoms with van der Waals surface area (Å²) in [6.07, 6.45) is 1.14. The molecule has 9 heteroatoms. The molecule has 1 heterocycles. The third kappa shape index (κ3) is 3.20. The standard InChI is InChI=1S/C12H12Cl2N4O2S/c1-6-3-8(15)4-9(7(6)2)21(19,20)18-10-11(13)16-5-17-12(10)14/h3-5,18H,15H2,1-2H3. The molecule has 1 aromatic heterocycles. The molecule has 0 fully saturated rings. The number of halogens is 2. The maximum Gasteiger partial charge on any atom is 0.262 e. The van der Waals surface area contributed by atoms with Gasteiger partial charge in [-0.1, -0.05) is 23.2 Å². The van der Waals surface area contributed by atoms with Gasteiger partial charge in [-0.2, -0.15) is 0 Å². The average Bonchev–Trinajstić information content (AvgIpc) is 2.38. The van der Waals surface area contributed by atoms with Crippen LogP contribution in [0.15, 0.2) is 23.4 Å². The fraction of sp³-hybridized carbons (Fsp3) is 0.167. The summed E-state index contributed by atoms with van der Waals surface area (Å²) in [7, 11) is -3.91. The summed E-state index contributed by atoms with van der Waals surface area (Å²) in [5.74, 6) is 0. The zero-order valence-electron chi connectivity index (χ0n) is 11.2. The average molecular weight is 347 g/mol. The summed E-state index contributed by atoms with van der Waals surface area (Å²) < 4.78 is 27.3. The number of aryl methyl sites for hydroxylation is 1. The van der Waals surface area contributed by atoms with E-state index in [9.17, 15) is 8.42 Å². The summed E-state index contributed by atoms with van der Waals surface area (Å²) in [4.78, 5) is 7.44. The summed E-state index contributed by atoms with van der Waals surface area (Å²) in [5.41, 5.74) is 7.33. The molecular weight excluding hydrogens is 335 g/mol. The number of nitrogens with zero attached hydrogens (tertiary/aromatic N) is 2. The van der Waals surface area contributed by atoms with Gasteiger partial charge < -0.3 is 5.73 Å². The van der Waals surface area contributed by atoms with Crippen molar-refractivity contribution < 1.29 is 8.42 Å². The van der Waals surface area contributed by atoms with Crippen molar-refractivity contribution in [2.45, 2.75) is 18.7 Å². The monoisotopic (exact) mass is 346 g/mol. The summed E-state index contributed by atoms with van der Waals surface area (Å²) in [6.45, 7) is 3.46. The van der Waals surface area contributed by atoms with Gasteiger partial charge in [0.15, 0.2) is 10.3 Å². The molecule has 2 rings (SSSR count). The van der Waals surface area contributed by atoms with Crippen molar-refractivity contribution in [3.05, 3.63) is 39.9 Å². The first-order valence-corrected chi connectivity index (χ1v) is 8.02. The van der Waals surface area contributed by atoms with Gasteiger partial charge >= 0.3 is 0 Å². The van der Waals surface area contributed by atoms with Crippen LogP contribution in [-0.2, 0) is 10.0 Å². The van der Waals surface area contributed by atoms with Crippen molar-refractivity contribution in [2.24, 2.45) is 0 Å². The van der Waals surface area contributed by atoms with Crippen LogP contribution in [0.25, 0.3) is 0 Å². The van der Waals surface area contributed by atoms with Crippen molar-refractivity contribution in [3.8, 4) is 0 Å². The normalized spacial score (nSPS) is 11.4. The molecule has 0 aliphatic carbocycles. The Morgan fingerprint density at radius 2 is 1.71 bits per heavy atom. The largest absolute Gasteiger partial charge is 0.399 e. The predicted octanol–water partition coefficient (Wildman–Crippen LogP) is 2.78. The number of nitrogens with one attached hydrogen (secondary N) is 1. The highest BCUT2D eigenvalue weighted by Gasteiger charge is 2.22. The molecule has 0 atom stereocenters. The zero-order valence-corrected chi connectivity index (χ0v) is 13.5. The number of rotatable bonds is 3. The Balaban J connectivity index is 2.54. The SMILES string of the molecule is Cc1cc(N)cc(S(=O)(=O)Nc2c(Cl)ncnc2Cl)c1C. The van der Waals surface area contributed by atoms with Crippen molar-refractivity contribution in [1.29, 1.82) is 0 Å². The second-order valence-electron chi connectivity index (χ2n) is 4.40. The Kier molecular flexibility index (Phi) is 4.27. The molecule has 0 unspecified atom stereocenters. The van der Waals surface area contributed by atoms with Crippen LogP contribution in [0.3, 0.4) is 0 Å². The number of hydrogen-bond donors (Lipinski definition) is 2. The molecule has 0 amide bonds. The maximum absolute atomic E-state index is 12.5. The van der Waals surface area contributed by atoms with Gasteiger partial charge in [-0.05, 0) is 37.1 Å². The Morgan fingerprint density at radius 3 is 2.29 bits per heavy atom. The first kappa shape index (κ1) is 15.8. The molecule has 6 nitrogen and oxygen atoms in total. The number of nitrogens with two attached hydrogens (primary N) is 1. The number of anilines is 2. The first-order valence-electron chi connectivity index (χ1n) is 5.78. The number of sulfonamides is 1. The quantitative estimate of drug-likeness (QED) is 0.657. The maximum atomic E-state index is 12.5. The number of nitrogen functional groups attached to an aromatic ring is 1. The highest BCUT2D eigenvalue weighted by molar-refractivity contribution is 7.92. The van der Waals surface area contributed by atoms with Gasteiger partial charge in [-0.15, -0.1) is 0 Å². The van der Waals surface area contributed by atoms with E-state index in [1.54, 1.807) is 19.9 Å². The van der Waals surface area contributed by atoms with E-state index < -0.39 is 10.0 Å². The molecule has 0 radical (unpaired) electrons. The second-order valence-corrected chi connectivity index (χ2v) is 6.76. The minimum absolute atomic E-state index is 0.0518. The third-order valence-electron chi connectivity index (χ3n) is 2.92. The Morgan fingerprint density at radius 1 is 1.14 bits per heavy atom. The van der Waals surface area contributed by atoms with E-state index in [0.29, 0.717) is 11.3 Å². The fourth-order valence-electron chi connectivity index (χ4n) is 1.75. The van der Waals surface area contributed by atoms with E-state index in [2.05, 4.69) is 14.7 Å². The van der Waals surface area contributed by atoms with Gasteiger partial charge in [0.25, 0.3) is 10.0 Å². The van der Waals surface area contributed by atoms with Gasteiger partial charge in [-0.25, -0.2) is 18.4 Å². The Labute approximate surface area is 132 Å². The van der Waals surface area contributed by atoms with Crippen molar-refractivity contribution >= 4 is 44.6 Å². The van der Waals surface area contributed by atoms with Crippen LogP contribution in [0.1, 0.15) is 11.1 Å². The van der Waals surface area contributed by atoms with Crippen LogP contribution in [0.5, 0.6) is 0 Å². The lowest BCUT2D eigenvalue weighted by Crippen LogP contribution is -2.16. The van der Waals surface area contributed by atoms with E-state index in [1.165, 1.54) is 6.07 Å². The van der Waals surface area contributed by atoms with E-state index >= 15 is 0 Å². The van der Waals surface area contributed by atoms with Gasteiger partial charge in [0, 0.05) is 5.69 Å². The van der Waals surface area contributed by atoms with Crippen molar-refractivity contribution in [3.63, 3.8) is 0 Å². The zero-order chi connectivity index (χ0) is 15.8. The molecule has 1 aromatic carbocycles. The topological polar surface area (TPSA) is 98.0 Å². The highest BCUT2D eigenvalue weighted by atomic mass is 35.5. The Bertz CT molecular complexity index is 789. The van der Waals surface area contributed by atoms with Crippen molar-refractivity contribution in [1.82, 2.24) is 9.97 Å². The predicted molar refractivity (Wildman–Crippen MR) is 83.2 cm³/mol. The summed E-state index contributed by atoms with van der Waals surface area (Å²) in [5, 5.41) is -0.172. The third-order valence-corrected chi connectivity index (χ3v) is 4.97. The minimum Gasteiger partial charge on any atom is -0.399 e. The summed E-state index contributed by atoms with van der Waals surface area (Å²) in [6, 6.07) is 3.07. The van der Waals surface area contributed by atoms with E-state index in [0.717, 1.165) is 11.9 Å². The lowest BCUT2D eigenvalue weighted by atomic mass is 10.1. The van der Waals surface area contributed by atoms with Crippen LogP contribution in [-0.4, -0.2) is 18.4 Å². The molecule has 21 heavy (non-hydrogen) atoms. The second kappa shape index (κ2) is 5.67. The van der Waals surface area contributed by atoms with Gasteiger partial charge in [-0.3, -0.25) is 4.72 Å². The molecule has 0 aliphatic heterocycles. The lowest BCUT2D eigenvalue weighted by Gasteiger charge is -2.14. The van der Waals surface area contributed by atoms with Crippen LogP contribution < -0.4 is 10.5 Å². The van der Waals surface area contributed by atoms with Crippen LogP contribution >= 0.6 is 23.2 Å². The number of aromatic nitrogens is 2. The smallest absolute Gasteiger partial charge is 0.262 e. The van der Waals surface area contributed by atoms with Crippen LogP contribution in [0, 0.1) is 13.8 Å². The molecule has 3 N–H and O–H groups in total. The molecule has 2 aromatic rings. The summed E-state index contributed by atoms with van der Waals surface area (Å²) >= 11 is 11.7. The molecule has 0 saturated carbocycles. The van der Waals surface area contributed by atoms with E-state index in [-0.39, 0.29) is 20.9 Å². The first-order chi connectivity index (χ1) is 9.72. The fourth-order valence-corrected chi connectivity index (χ4v) is 3.70. The molecule has 0 spiro atoms. The van der Waals surface area contributed by atoms with Gasteiger partial charge in [0.1, 0.15) is 12.0 Å². The molecule has 112 valence electrons. The molecular formula is C12H12Cl2N4O2S. The molecule has 0 bridgehead atoms. The van der Waals surface area contributed by atoms with Gasteiger partial charge in [0.2, 0.25) is 0 Å². The molecule has 0 saturated heterocycles. The van der Waals surface area contributed by atoms with E-state index in [1.807, 2.05) is 0 Å². The number of hydrogen-bond acceptors (Lipinski definition) is 5. The lowest BCUT2D eigenvalue weighted by molar-refractivity contribution is 0.600. The minimum atomic E-state index is -3.91.